The molecule has 188 valence electrons. The molecular weight excluding hydrogens is 488 g/mol. The van der Waals surface area contributed by atoms with Gasteiger partial charge in [0, 0.05) is 18.7 Å². The van der Waals surface area contributed by atoms with Crippen LogP contribution in [-0.2, 0) is 6.42 Å². The van der Waals surface area contributed by atoms with Crippen molar-refractivity contribution in [3.8, 4) is 23.0 Å². The lowest BCUT2D eigenvalue weighted by molar-refractivity contribution is -0.384. The average molecular weight is 513 g/mol. The Hall–Kier alpha value is -3.98. The van der Waals surface area contributed by atoms with E-state index in [-0.39, 0.29) is 22.9 Å². The molecular formula is C26H25ClN2O7. The standard InChI is InChI=1S/C26H25ClN2O7/c1-33-18-5-7-19(8-6-18)36-15-23-20-14-25(35-3)24(34-2)12-16(20)10-11-28(23)26(30)21-13-17(29(31)32)4-9-22(21)27/h4-9,12-14,23H,10-11,15H2,1-3H3/t23-/m1/s1. The van der Waals surface area contributed by atoms with E-state index in [4.69, 9.17) is 30.5 Å². The molecule has 0 spiro atoms. The summed E-state index contributed by atoms with van der Waals surface area (Å²) in [5.74, 6) is 1.98. The zero-order valence-electron chi connectivity index (χ0n) is 20.0. The van der Waals surface area contributed by atoms with Crippen LogP contribution in [0.1, 0.15) is 27.5 Å². The number of amides is 1. The Balaban J connectivity index is 1.72. The second-order valence-corrected chi connectivity index (χ2v) is 8.49. The number of fused-ring (bicyclic) bond motifs is 1. The number of halogens is 1. The quantitative estimate of drug-likeness (QED) is 0.306. The number of benzene rings is 3. The van der Waals surface area contributed by atoms with Gasteiger partial charge in [0.1, 0.15) is 18.1 Å². The molecule has 0 fully saturated rings. The van der Waals surface area contributed by atoms with Gasteiger partial charge >= 0.3 is 0 Å². The SMILES string of the molecule is COc1ccc(OC[C@@H]2c3cc(OC)c(OC)cc3CCN2C(=O)c2cc([N+](=O)[O-])ccc2Cl)cc1. The Labute approximate surface area is 213 Å². The fourth-order valence-electron chi connectivity index (χ4n) is 4.24. The molecule has 10 heteroatoms. The van der Waals surface area contributed by atoms with Gasteiger partial charge in [0.15, 0.2) is 11.5 Å². The Kier molecular flexibility index (Phi) is 7.49. The van der Waals surface area contributed by atoms with Crippen LogP contribution in [0.2, 0.25) is 5.02 Å². The number of hydrogen-bond acceptors (Lipinski definition) is 7. The van der Waals surface area contributed by atoms with Crippen LogP contribution in [0.25, 0.3) is 0 Å². The number of nitro benzene ring substituents is 1. The molecule has 1 amide bonds. The summed E-state index contributed by atoms with van der Waals surface area (Å²) >= 11 is 6.30. The number of hydrogen-bond donors (Lipinski definition) is 0. The molecule has 0 N–H and O–H groups in total. The number of carbonyl (C=O) groups is 1. The van der Waals surface area contributed by atoms with Gasteiger partial charge in [-0.3, -0.25) is 14.9 Å². The smallest absolute Gasteiger partial charge is 0.270 e. The van der Waals surface area contributed by atoms with Gasteiger partial charge in [-0.15, -0.1) is 0 Å². The largest absolute Gasteiger partial charge is 0.497 e. The molecule has 1 atom stereocenters. The topological polar surface area (TPSA) is 100 Å². The van der Waals surface area contributed by atoms with Crippen LogP contribution in [0.4, 0.5) is 5.69 Å². The summed E-state index contributed by atoms with van der Waals surface area (Å²) in [5.41, 5.74) is 1.68. The van der Waals surface area contributed by atoms with Crippen molar-refractivity contribution in [1.82, 2.24) is 4.90 Å². The minimum Gasteiger partial charge on any atom is -0.497 e. The maximum atomic E-state index is 13.7. The van der Waals surface area contributed by atoms with Crippen molar-refractivity contribution in [2.24, 2.45) is 0 Å². The first-order chi connectivity index (χ1) is 17.4. The molecule has 0 saturated heterocycles. The first-order valence-corrected chi connectivity index (χ1v) is 11.5. The number of carbonyl (C=O) groups excluding carboxylic acids is 1. The first kappa shape index (κ1) is 25.1. The Morgan fingerprint density at radius 3 is 2.31 bits per heavy atom. The van der Waals surface area contributed by atoms with Crippen molar-refractivity contribution in [1.29, 1.82) is 0 Å². The maximum Gasteiger partial charge on any atom is 0.270 e. The molecule has 0 aliphatic carbocycles. The molecule has 1 aliphatic rings. The van der Waals surface area contributed by atoms with Gasteiger partial charge in [-0.2, -0.15) is 0 Å². The number of rotatable bonds is 8. The summed E-state index contributed by atoms with van der Waals surface area (Å²) in [6.45, 7) is 0.490. The molecule has 1 aliphatic heterocycles. The van der Waals surface area contributed by atoms with Crippen molar-refractivity contribution in [3.63, 3.8) is 0 Å². The number of non-ortho nitro benzene ring substituents is 1. The molecule has 36 heavy (non-hydrogen) atoms. The lowest BCUT2D eigenvalue weighted by Gasteiger charge is -2.37. The van der Waals surface area contributed by atoms with Crippen LogP contribution in [0, 0.1) is 10.1 Å². The third-order valence-corrected chi connectivity index (χ3v) is 6.45. The lowest BCUT2D eigenvalue weighted by atomic mass is 9.91. The van der Waals surface area contributed by atoms with Crippen molar-refractivity contribution in [2.75, 3.05) is 34.5 Å². The van der Waals surface area contributed by atoms with E-state index in [0.717, 1.165) is 11.1 Å². The van der Waals surface area contributed by atoms with Crippen LogP contribution in [-0.4, -0.2) is 50.2 Å². The number of methoxy groups -OCH3 is 3. The van der Waals surface area contributed by atoms with Gasteiger partial charge in [-0.25, -0.2) is 0 Å². The van der Waals surface area contributed by atoms with E-state index in [0.29, 0.717) is 36.0 Å². The van der Waals surface area contributed by atoms with Crippen molar-refractivity contribution >= 4 is 23.2 Å². The van der Waals surface area contributed by atoms with Crippen LogP contribution in [0.3, 0.4) is 0 Å². The lowest BCUT2D eigenvalue weighted by Crippen LogP contribution is -2.42. The summed E-state index contributed by atoms with van der Waals surface area (Å²) in [6, 6.07) is 14.2. The third-order valence-electron chi connectivity index (χ3n) is 6.12. The van der Waals surface area contributed by atoms with Gasteiger partial charge in [0.2, 0.25) is 0 Å². The monoisotopic (exact) mass is 512 g/mol. The van der Waals surface area contributed by atoms with E-state index in [1.54, 1.807) is 50.5 Å². The predicted molar refractivity (Wildman–Crippen MR) is 134 cm³/mol. The van der Waals surface area contributed by atoms with Crippen molar-refractivity contribution in [2.45, 2.75) is 12.5 Å². The molecule has 1 heterocycles. The summed E-state index contributed by atoms with van der Waals surface area (Å²) < 4.78 is 22.2. The molecule has 0 saturated carbocycles. The van der Waals surface area contributed by atoms with Crippen LogP contribution in [0.15, 0.2) is 54.6 Å². The van der Waals surface area contributed by atoms with E-state index >= 15 is 0 Å². The molecule has 0 bridgehead atoms. The van der Waals surface area contributed by atoms with Gasteiger partial charge in [-0.1, -0.05) is 11.6 Å². The molecule has 3 aromatic rings. The van der Waals surface area contributed by atoms with Gasteiger partial charge in [-0.05, 0) is 60.0 Å². The molecule has 9 nitrogen and oxygen atoms in total. The van der Waals surface area contributed by atoms with E-state index in [1.807, 2.05) is 12.1 Å². The Bertz CT molecular complexity index is 1280. The number of nitrogens with zero attached hydrogens (tertiary/aromatic N) is 2. The third kappa shape index (κ3) is 5.01. The zero-order chi connectivity index (χ0) is 25.8. The minimum atomic E-state index is -0.556. The van der Waals surface area contributed by atoms with E-state index in [9.17, 15) is 14.9 Å². The molecule has 0 aromatic heterocycles. The highest BCUT2D eigenvalue weighted by atomic mass is 35.5. The van der Waals surface area contributed by atoms with Crippen LogP contribution >= 0.6 is 11.6 Å². The summed E-state index contributed by atoms with van der Waals surface area (Å²) in [7, 11) is 4.69. The molecule has 3 aromatic carbocycles. The highest BCUT2D eigenvalue weighted by Gasteiger charge is 2.34. The average Bonchev–Trinajstić information content (AvgIpc) is 2.90. The van der Waals surface area contributed by atoms with E-state index in [2.05, 4.69) is 0 Å². The van der Waals surface area contributed by atoms with Crippen molar-refractivity contribution < 1.29 is 28.7 Å². The minimum absolute atomic E-state index is 0.0595. The molecule has 0 radical (unpaired) electrons. The summed E-state index contributed by atoms with van der Waals surface area (Å²) in [6.07, 6.45) is 0.549. The number of nitro groups is 1. The summed E-state index contributed by atoms with van der Waals surface area (Å²) in [4.78, 5) is 26.1. The van der Waals surface area contributed by atoms with Crippen LogP contribution < -0.4 is 18.9 Å². The van der Waals surface area contributed by atoms with E-state index in [1.165, 1.54) is 18.2 Å². The molecule has 4 rings (SSSR count). The van der Waals surface area contributed by atoms with Crippen molar-refractivity contribution in [3.05, 3.63) is 86.4 Å². The maximum absolute atomic E-state index is 13.7. The normalized spacial score (nSPS) is 14.6. The van der Waals surface area contributed by atoms with E-state index < -0.39 is 16.9 Å². The van der Waals surface area contributed by atoms with Gasteiger partial charge < -0.3 is 23.8 Å². The Morgan fingerprint density at radius 1 is 1.00 bits per heavy atom. The molecule has 0 unspecified atom stereocenters. The highest BCUT2D eigenvalue weighted by molar-refractivity contribution is 6.34. The predicted octanol–water partition coefficient (Wildman–Crippen LogP) is 5.09. The Morgan fingerprint density at radius 2 is 1.67 bits per heavy atom. The zero-order valence-corrected chi connectivity index (χ0v) is 20.8. The van der Waals surface area contributed by atoms with Gasteiger partial charge in [0.05, 0.1) is 42.9 Å². The van der Waals surface area contributed by atoms with Gasteiger partial charge in [0.25, 0.3) is 11.6 Å². The summed E-state index contributed by atoms with van der Waals surface area (Å²) in [5, 5.41) is 11.4. The number of ether oxygens (including phenoxy) is 4. The fourth-order valence-corrected chi connectivity index (χ4v) is 4.44. The first-order valence-electron chi connectivity index (χ1n) is 11.1. The van der Waals surface area contributed by atoms with Crippen LogP contribution in [0.5, 0.6) is 23.0 Å². The second-order valence-electron chi connectivity index (χ2n) is 8.08. The highest BCUT2D eigenvalue weighted by Crippen LogP contribution is 2.39. The second kappa shape index (κ2) is 10.7. The fraction of sp³-hybridized carbons (Fsp3) is 0.269.